The van der Waals surface area contributed by atoms with Gasteiger partial charge < -0.3 is 5.32 Å². The molecule has 4 nitrogen and oxygen atoms in total. The van der Waals surface area contributed by atoms with Gasteiger partial charge in [0.25, 0.3) is 0 Å². The third-order valence-corrected chi connectivity index (χ3v) is 1.63. The van der Waals surface area contributed by atoms with E-state index in [4.69, 9.17) is 0 Å². The van der Waals surface area contributed by atoms with Gasteiger partial charge in [-0.2, -0.15) is 18.3 Å². The Labute approximate surface area is 95.5 Å². The number of carbonyl (C=O) groups is 1. The van der Waals surface area contributed by atoms with Crippen molar-refractivity contribution in [3.05, 3.63) is 35.9 Å². The van der Waals surface area contributed by atoms with E-state index < -0.39 is 18.8 Å². The molecule has 0 radical (unpaired) electrons. The fourth-order valence-electron chi connectivity index (χ4n) is 0.925. The molecule has 0 saturated heterocycles. The van der Waals surface area contributed by atoms with Crippen LogP contribution >= 0.6 is 0 Å². The molecule has 1 aromatic rings. The Morgan fingerprint density at radius 2 is 1.94 bits per heavy atom. The average molecular weight is 245 g/mol. The quantitative estimate of drug-likeness (QED) is 0.620. The number of carbonyl (C=O) groups excluding carboxylic acids is 1. The van der Waals surface area contributed by atoms with Gasteiger partial charge in [0.2, 0.25) is 0 Å². The molecule has 0 unspecified atom stereocenters. The lowest BCUT2D eigenvalue weighted by molar-refractivity contribution is -0.122. The minimum atomic E-state index is -4.43. The van der Waals surface area contributed by atoms with Crippen molar-refractivity contribution in [3.63, 3.8) is 0 Å². The lowest BCUT2D eigenvalue weighted by Crippen LogP contribution is -2.38. The van der Waals surface area contributed by atoms with Gasteiger partial charge in [-0.15, -0.1) is 0 Å². The molecule has 0 fully saturated rings. The van der Waals surface area contributed by atoms with E-state index in [9.17, 15) is 18.0 Å². The predicted octanol–water partition coefficient (Wildman–Crippen LogP) is 1.88. The fraction of sp³-hybridized carbons (Fsp3) is 0.200. The van der Waals surface area contributed by atoms with Crippen LogP contribution in [0.2, 0.25) is 0 Å². The van der Waals surface area contributed by atoms with Crippen molar-refractivity contribution in [2.75, 3.05) is 6.54 Å². The molecule has 2 amide bonds. The Morgan fingerprint density at radius 3 is 2.53 bits per heavy atom. The minimum Gasteiger partial charge on any atom is -0.328 e. The van der Waals surface area contributed by atoms with Crippen LogP contribution in [0.1, 0.15) is 5.56 Å². The van der Waals surface area contributed by atoms with Gasteiger partial charge in [-0.1, -0.05) is 30.3 Å². The predicted molar refractivity (Wildman–Crippen MR) is 56.6 cm³/mol. The number of nitrogens with zero attached hydrogens (tertiary/aromatic N) is 1. The summed E-state index contributed by atoms with van der Waals surface area (Å²) < 4.78 is 35.2. The van der Waals surface area contributed by atoms with E-state index in [1.54, 1.807) is 35.6 Å². The summed E-state index contributed by atoms with van der Waals surface area (Å²) in [7, 11) is 0. The van der Waals surface area contributed by atoms with Gasteiger partial charge in [-0.3, -0.25) is 0 Å². The van der Waals surface area contributed by atoms with E-state index in [1.165, 1.54) is 6.21 Å². The summed E-state index contributed by atoms with van der Waals surface area (Å²) in [6, 6.07) is 7.81. The van der Waals surface area contributed by atoms with Crippen molar-refractivity contribution in [1.29, 1.82) is 0 Å². The number of rotatable bonds is 3. The van der Waals surface area contributed by atoms with E-state index in [1.807, 2.05) is 5.43 Å². The number of amides is 2. The Morgan fingerprint density at radius 1 is 1.29 bits per heavy atom. The first-order chi connectivity index (χ1) is 7.97. The van der Waals surface area contributed by atoms with Crippen LogP contribution in [0.15, 0.2) is 35.4 Å². The molecule has 92 valence electrons. The van der Waals surface area contributed by atoms with Gasteiger partial charge >= 0.3 is 12.2 Å². The summed E-state index contributed by atoms with van der Waals surface area (Å²) in [5, 5.41) is 5.11. The molecule has 7 heteroatoms. The van der Waals surface area contributed by atoms with E-state index in [-0.39, 0.29) is 0 Å². The summed E-state index contributed by atoms with van der Waals surface area (Å²) in [5.41, 5.74) is 2.65. The normalized spacial score (nSPS) is 11.5. The Balaban J connectivity index is 2.31. The highest BCUT2D eigenvalue weighted by Crippen LogP contribution is 2.11. The number of hydrazone groups is 1. The third kappa shape index (κ3) is 6.18. The second kappa shape index (κ2) is 5.88. The van der Waals surface area contributed by atoms with E-state index in [0.717, 1.165) is 5.56 Å². The molecule has 1 rings (SSSR count). The van der Waals surface area contributed by atoms with Gasteiger partial charge in [-0.25, -0.2) is 10.2 Å². The van der Waals surface area contributed by atoms with Gasteiger partial charge in [-0.05, 0) is 5.56 Å². The minimum absolute atomic E-state index is 0.726. The van der Waals surface area contributed by atoms with Crippen LogP contribution in [0.3, 0.4) is 0 Å². The summed E-state index contributed by atoms with van der Waals surface area (Å²) in [6.45, 7) is -1.39. The fourth-order valence-corrected chi connectivity index (χ4v) is 0.925. The summed E-state index contributed by atoms with van der Waals surface area (Å²) in [5.74, 6) is 0. The van der Waals surface area contributed by atoms with Crippen LogP contribution in [-0.2, 0) is 0 Å². The summed E-state index contributed by atoms with van der Waals surface area (Å²) >= 11 is 0. The van der Waals surface area contributed by atoms with Crippen LogP contribution < -0.4 is 10.7 Å². The van der Waals surface area contributed by atoms with E-state index in [0.29, 0.717) is 0 Å². The molecule has 0 atom stereocenters. The van der Waals surface area contributed by atoms with Crippen LogP contribution in [0.5, 0.6) is 0 Å². The van der Waals surface area contributed by atoms with Crippen molar-refractivity contribution in [2.45, 2.75) is 6.18 Å². The number of benzene rings is 1. The van der Waals surface area contributed by atoms with Gasteiger partial charge in [0.15, 0.2) is 0 Å². The van der Waals surface area contributed by atoms with Gasteiger partial charge in [0, 0.05) is 0 Å². The first-order valence-corrected chi connectivity index (χ1v) is 4.66. The molecule has 1 aromatic carbocycles. The average Bonchev–Trinajstić information content (AvgIpc) is 2.27. The molecule has 0 aliphatic rings. The highest BCUT2D eigenvalue weighted by Gasteiger charge is 2.27. The van der Waals surface area contributed by atoms with Crippen molar-refractivity contribution < 1.29 is 18.0 Å². The van der Waals surface area contributed by atoms with Crippen molar-refractivity contribution in [2.24, 2.45) is 5.10 Å². The second-order valence-corrected chi connectivity index (χ2v) is 3.08. The van der Waals surface area contributed by atoms with Gasteiger partial charge in [0.1, 0.15) is 6.54 Å². The second-order valence-electron chi connectivity index (χ2n) is 3.08. The Bertz CT molecular complexity index is 390. The molecule has 0 aromatic heterocycles. The molecule has 0 aliphatic carbocycles. The molecule has 17 heavy (non-hydrogen) atoms. The first kappa shape index (κ1) is 13.0. The monoisotopic (exact) mass is 245 g/mol. The largest absolute Gasteiger partial charge is 0.405 e. The Hall–Kier alpha value is -2.05. The number of halogens is 3. The van der Waals surface area contributed by atoms with E-state index >= 15 is 0 Å². The molecule has 2 N–H and O–H groups in total. The number of hydrogen-bond acceptors (Lipinski definition) is 2. The number of hydrogen-bond donors (Lipinski definition) is 2. The van der Waals surface area contributed by atoms with Crippen molar-refractivity contribution >= 4 is 12.2 Å². The molecule has 0 heterocycles. The number of nitrogens with one attached hydrogen (secondary N) is 2. The van der Waals surface area contributed by atoms with Crippen molar-refractivity contribution in [1.82, 2.24) is 10.7 Å². The zero-order valence-corrected chi connectivity index (χ0v) is 8.66. The summed E-state index contributed by atoms with van der Waals surface area (Å²) in [4.78, 5) is 10.8. The lowest BCUT2D eigenvalue weighted by atomic mass is 10.2. The smallest absolute Gasteiger partial charge is 0.328 e. The number of alkyl halides is 3. The number of urea groups is 1. The third-order valence-electron chi connectivity index (χ3n) is 1.63. The maximum Gasteiger partial charge on any atom is 0.405 e. The Kier molecular flexibility index (Phi) is 4.50. The van der Waals surface area contributed by atoms with Crippen LogP contribution in [-0.4, -0.2) is 25.0 Å². The maximum atomic E-state index is 11.7. The zero-order chi connectivity index (χ0) is 12.7. The SMILES string of the molecule is O=C(NCC(F)(F)F)NN=Cc1ccccc1. The van der Waals surface area contributed by atoms with Crippen molar-refractivity contribution in [3.8, 4) is 0 Å². The van der Waals surface area contributed by atoms with Gasteiger partial charge in [0.05, 0.1) is 6.21 Å². The van der Waals surface area contributed by atoms with Crippen LogP contribution in [0, 0.1) is 0 Å². The lowest BCUT2D eigenvalue weighted by Gasteiger charge is -2.06. The molecule has 0 bridgehead atoms. The van der Waals surface area contributed by atoms with Crippen LogP contribution in [0.25, 0.3) is 0 Å². The maximum absolute atomic E-state index is 11.7. The standard InChI is InChI=1S/C10H10F3N3O/c11-10(12,13)7-14-9(17)16-15-6-8-4-2-1-3-5-8/h1-6H,7H2,(H2,14,16,17). The molecule has 0 spiro atoms. The topological polar surface area (TPSA) is 53.5 Å². The molecular formula is C10H10F3N3O. The first-order valence-electron chi connectivity index (χ1n) is 4.66. The zero-order valence-electron chi connectivity index (χ0n) is 8.66. The molecule has 0 saturated carbocycles. The summed E-state index contributed by atoms with van der Waals surface area (Å²) in [6.07, 6.45) is -3.10. The van der Waals surface area contributed by atoms with Crippen LogP contribution in [0.4, 0.5) is 18.0 Å². The van der Waals surface area contributed by atoms with E-state index in [2.05, 4.69) is 5.10 Å². The highest BCUT2D eigenvalue weighted by atomic mass is 19.4. The molecule has 0 aliphatic heterocycles. The highest BCUT2D eigenvalue weighted by molar-refractivity contribution is 5.81. The molecular weight excluding hydrogens is 235 g/mol.